The molecule has 2 aromatic rings. The molecule has 0 unspecified atom stereocenters. The van der Waals surface area contributed by atoms with Gasteiger partial charge in [-0.15, -0.1) is 11.3 Å². The summed E-state index contributed by atoms with van der Waals surface area (Å²) in [7, 11) is -4.08. The minimum Gasteiger partial charge on any atom is -0.351 e. The quantitative estimate of drug-likeness (QED) is 0.814. The van der Waals surface area contributed by atoms with Crippen molar-refractivity contribution in [3.8, 4) is 0 Å². The van der Waals surface area contributed by atoms with E-state index in [0.29, 0.717) is 25.5 Å². The fourth-order valence-electron chi connectivity index (χ4n) is 2.96. The van der Waals surface area contributed by atoms with Gasteiger partial charge in [0.05, 0.1) is 17.2 Å². The number of hydrogen-bond acceptors (Lipinski definition) is 5. The fourth-order valence-corrected chi connectivity index (χ4v) is 5.50. The van der Waals surface area contributed by atoms with Crippen molar-refractivity contribution in [1.29, 1.82) is 0 Å². The van der Waals surface area contributed by atoms with Gasteiger partial charge in [0.2, 0.25) is 15.9 Å². The lowest BCUT2D eigenvalue weighted by atomic mass is 9.99. The van der Waals surface area contributed by atoms with Crippen LogP contribution in [0.4, 0.5) is 8.78 Å². The minimum atomic E-state index is -4.08. The van der Waals surface area contributed by atoms with Crippen LogP contribution in [0, 0.1) is 11.6 Å². The standard InChI is InChI=1S/C17H19F2N3O3S2/c1-11(23)20-9-14-10-26-17(21-14)12-4-6-22(7-5-12)27(24,25)16-8-13(18)2-3-15(16)19/h2-3,8,10,12H,4-7,9H2,1H3,(H,20,23). The molecule has 1 N–H and O–H groups in total. The maximum absolute atomic E-state index is 13.9. The first kappa shape index (κ1) is 19.8. The molecule has 1 amide bonds. The van der Waals surface area contributed by atoms with Crippen molar-refractivity contribution in [3.63, 3.8) is 0 Å². The number of thiazole rings is 1. The minimum absolute atomic E-state index is 0.102. The van der Waals surface area contributed by atoms with E-state index >= 15 is 0 Å². The van der Waals surface area contributed by atoms with Crippen LogP contribution in [0.5, 0.6) is 0 Å². The molecule has 146 valence electrons. The van der Waals surface area contributed by atoms with Crippen LogP contribution >= 0.6 is 11.3 Å². The fraction of sp³-hybridized carbons (Fsp3) is 0.412. The van der Waals surface area contributed by atoms with Crippen molar-refractivity contribution in [3.05, 3.63) is 45.9 Å². The highest BCUT2D eigenvalue weighted by atomic mass is 32.2. The molecular formula is C17H19F2N3O3S2. The van der Waals surface area contributed by atoms with Gasteiger partial charge in [-0.25, -0.2) is 22.2 Å². The Morgan fingerprint density at radius 1 is 1.33 bits per heavy atom. The van der Waals surface area contributed by atoms with Crippen LogP contribution in [0.3, 0.4) is 0 Å². The zero-order valence-corrected chi connectivity index (χ0v) is 16.2. The molecule has 1 fully saturated rings. The second-order valence-electron chi connectivity index (χ2n) is 6.34. The van der Waals surface area contributed by atoms with Gasteiger partial charge in [-0.1, -0.05) is 0 Å². The van der Waals surface area contributed by atoms with Gasteiger partial charge in [0.1, 0.15) is 16.5 Å². The zero-order chi connectivity index (χ0) is 19.6. The highest BCUT2D eigenvalue weighted by Crippen LogP contribution is 2.33. The number of nitrogens with zero attached hydrogens (tertiary/aromatic N) is 2. The third kappa shape index (κ3) is 4.50. The summed E-state index contributed by atoms with van der Waals surface area (Å²) in [5.41, 5.74) is 0.766. The number of halogens is 2. The van der Waals surface area contributed by atoms with Gasteiger partial charge in [0.15, 0.2) is 0 Å². The van der Waals surface area contributed by atoms with Gasteiger partial charge >= 0.3 is 0 Å². The van der Waals surface area contributed by atoms with Crippen LogP contribution in [0.25, 0.3) is 0 Å². The number of piperidine rings is 1. The van der Waals surface area contributed by atoms with E-state index in [1.807, 2.05) is 5.38 Å². The molecule has 2 heterocycles. The van der Waals surface area contributed by atoms with Crippen molar-refractivity contribution in [2.24, 2.45) is 0 Å². The number of carbonyl (C=O) groups excluding carboxylic acids is 1. The van der Waals surface area contributed by atoms with Crippen molar-refractivity contribution >= 4 is 27.3 Å². The SMILES string of the molecule is CC(=O)NCc1csc(C2CCN(S(=O)(=O)c3cc(F)ccc3F)CC2)n1. The van der Waals surface area contributed by atoms with Gasteiger partial charge < -0.3 is 5.32 Å². The maximum atomic E-state index is 13.9. The third-order valence-corrected chi connectivity index (χ3v) is 7.37. The summed E-state index contributed by atoms with van der Waals surface area (Å²) >= 11 is 1.48. The Labute approximate surface area is 160 Å². The Kier molecular flexibility index (Phi) is 5.87. The molecule has 1 aromatic carbocycles. The van der Waals surface area contributed by atoms with Crippen LogP contribution in [-0.2, 0) is 21.4 Å². The van der Waals surface area contributed by atoms with E-state index in [4.69, 9.17) is 0 Å². The molecule has 0 radical (unpaired) electrons. The summed E-state index contributed by atoms with van der Waals surface area (Å²) in [4.78, 5) is 14.8. The molecule has 0 saturated carbocycles. The van der Waals surface area contributed by atoms with E-state index in [1.165, 1.54) is 22.6 Å². The number of sulfonamides is 1. The molecule has 0 atom stereocenters. The van der Waals surface area contributed by atoms with Gasteiger partial charge in [-0.05, 0) is 31.0 Å². The predicted octanol–water partition coefficient (Wildman–Crippen LogP) is 2.63. The molecule has 1 aliphatic heterocycles. The first-order valence-electron chi connectivity index (χ1n) is 8.41. The number of rotatable bonds is 5. The number of aromatic nitrogens is 1. The molecule has 1 aliphatic rings. The van der Waals surface area contributed by atoms with E-state index < -0.39 is 26.6 Å². The zero-order valence-electron chi connectivity index (χ0n) is 14.6. The molecule has 27 heavy (non-hydrogen) atoms. The molecule has 0 spiro atoms. The normalized spacial score (nSPS) is 16.4. The van der Waals surface area contributed by atoms with Crippen molar-refractivity contribution < 1.29 is 22.0 Å². The molecule has 0 aliphatic carbocycles. The monoisotopic (exact) mass is 415 g/mol. The predicted molar refractivity (Wildman–Crippen MR) is 96.7 cm³/mol. The smallest absolute Gasteiger partial charge is 0.246 e. The van der Waals surface area contributed by atoms with Gasteiger partial charge in [0.25, 0.3) is 0 Å². The summed E-state index contributed by atoms with van der Waals surface area (Å²) in [6.07, 6.45) is 1.09. The van der Waals surface area contributed by atoms with Gasteiger partial charge in [-0.2, -0.15) is 4.31 Å². The molecule has 3 rings (SSSR count). The van der Waals surface area contributed by atoms with Crippen LogP contribution in [0.2, 0.25) is 0 Å². The summed E-state index contributed by atoms with van der Waals surface area (Å²) in [5.74, 6) is -1.78. The molecule has 0 bridgehead atoms. The van der Waals surface area contributed by atoms with Crippen molar-refractivity contribution in [2.45, 2.75) is 37.1 Å². The van der Waals surface area contributed by atoms with Gasteiger partial charge in [-0.3, -0.25) is 4.79 Å². The Bertz CT molecular complexity index is 939. The van der Waals surface area contributed by atoms with Crippen LogP contribution in [0.15, 0.2) is 28.5 Å². The summed E-state index contributed by atoms with van der Waals surface area (Å²) < 4.78 is 53.7. The largest absolute Gasteiger partial charge is 0.351 e. The second kappa shape index (κ2) is 7.99. The summed E-state index contributed by atoms with van der Waals surface area (Å²) in [6.45, 7) is 2.22. The van der Waals surface area contributed by atoms with Crippen LogP contribution in [-0.4, -0.2) is 36.7 Å². The average molecular weight is 415 g/mol. The van der Waals surface area contributed by atoms with Gasteiger partial charge in [0, 0.05) is 31.3 Å². The summed E-state index contributed by atoms with van der Waals surface area (Å²) in [5, 5.41) is 5.45. The molecule has 1 saturated heterocycles. The number of nitrogens with one attached hydrogen (secondary N) is 1. The Hall–Kier alpha value is -1.91. The molecular weight excluding hydrogens is 396 g/mol. The van der Waals surface area contributed by atoms with E-state index in [-0.39, 0.29) is 24.9 Å². The number of amides is 1. The molecule has 6 nitrogen and oxygen atoms in total. The van der Waals surface area contributed by atoms with Crippen LogP contribution in [0.1, 0.15) is 36.4 Å². The third-order valence-electron chi connectivity index (χ3n) is 4.40. The average Bonchev–Trinajstić information content (AvgIpc) is 3.11. The first-order chi connectivity index (χ1) is 12.8. The van der Waals surface area contributed by atoms with Crippen LogP contribution < -0.4 is 5.32 Å². The Balaban J connectivity index is 1.66. The topological polar surface area (TPSA) is 79.4 Å². The lowest BCUT2D eigenvalue weighted by molar-refractivity contribution is -0.119. The number of hydrogen-bond donors (Lipinski definition) is 1. The van der Waals surface area contributed by atoms with E-state index in [9.17, 15) is 22.0 Å². The molecule has 10 heteroatoms. The van der Waals surface area contributed by atoms with E-state index in [1.54, 1.807) is 0 Å². The maximum Gasteiger partial charge on any atom is 0.246 e. The Morgan fingerprint density at radius 2 is 2.04 bits per heavy atom. The second-order valence-corrected chi connectivity index (χ2v) is 9.14. The van der Waals surface area contributed by atoms with Crippen molar-refractivity contribution in [2.75, 3.05) is 13.1 Å². The van der Waals surface area contributed by atoms with E-state index in [2.05, 4.69) is 10.3 Å². The summed E-state index contributed by atoms with van der Waals surface area (Å²) in [6, 6.07) is 2.43. The number of benzene rings is 1. The lowest BCUT2D eigenvalue weighted by Gasteiger charge is -2.30. The highest BCUT2D eigenvalue weighted by Gasteiger charge is 2.32. The number of carbonyl (C=O) groups is 1. The highest BCUT2D eigenvalue weighted by molar-refractivity contribution is 7.89. The Morgan fingerprint density at radius 3 is 2.70 bits per heavy atom. The molecule has 1 aromatic heterocycles. The lowest BCUT2D eigenvalue weighted by Crippen LogP contribution is -2.38. The van der Waals surface area contributed by atoms with Crippen molar-refractivity contribution in [1.82, 2.24) is 14.6 Å². The first-order valence-corrected chi connectivity index (χ1v) is 10.7. The van der Waals surface area contributed by atoms with E-state index in [0.717, 1.165) is 22.8 Å².